The smallest absolute Gasteiger partial charge is 0.407 e. The van der Waals surface area contributed by atoms with Crippen LogP contribution in [0.2, 0.25) is 0 Å². The molecule has 0 atom stereocenters. The largest absolute Gasteiger partial charge is 0.445 e. The van der Waals surface area contributed by atoms with Gasteiger partial charge in [-0.1, -0.05) is 31.6 Å². The molecule has 0 aliphatic rings. The molecule has 0 radical (unpaired) electrons. The summed E-state index contributed by atoms with van der Waals surface area (Å²) in [4.78, 5) is 13.7. The van der Waals surface area contributed by atoms with E-state index in [1.54, 1.807) is 20.8 Å². The van der Waals surface area contributed by atoms with E-state index in [0.29, 0.717) is 17.8 Å². The summed E-state index contributed by atoms with van der Waals surface area (Å²) in [6.45, 7) is 5.20. The van der Waals surface area contributed by atoms with Gasteiger partial charge in [0, 0.05) is 6.08 Å². The van der Waals surface area contributed by atoms with Crippen LogP contribution in [0.3, 0.4) is 0 Å². The average molecular weight is 426 g/mol. The maximum Gasteiger partial charge on any atom is 0.407 e. The van der Waals surface area contributed by atoms with Gasteiger partial charge in [-0.25, -0.2) is 9.78 Å². The van der Waals surface area contributed by atoms with Crippen LogP contribution in [0.15, 0.2) is 39.8 Å². The van der Waals surface area contributed by atoms with E-state index in [1.165, 1.54) is 18.4 Å². The third-order valence-corrected chi connectivity index (χ3v) is 4.29. The summed E-state index contributed by atoms with van der Waals surface area (Å²) >= 11 is 0. The minimum Gasteiger partial charge on any atom is -0.445 e. The van der Waals surface area contributed by atoms with Gasteiger partial charge in [-0.3, -0.25) is 0 Å². The molecular formula is C17H19F5N2O3S. The highest BCUT2D eigenvalue weighted by atomic mass is 32.5. The Hall–Kier alpha value is -2.56. The van der Waals surface area contributed by atoms with Gasteiger partial charge in [0.1, 0.15) is 16.8 Å². The van der Waals surface area contributed by atoms with Gasteiger partial charge in [0.05, 0.1) is 12.2 Å². The topological polar surface area (TPSA) is 64.4 Å². The molecule has 1 aromatic heterocycles. The van der Waals surface area contributed by atoms with E-state index in [0.717, 1.165) is 12.1 Å². The Morgan fingerprint density at radius 3 is 2.29 bits per heavy atom. The Balaban J connectivity index is 1.98. The molecule has 0 bridgehead atoms. The Kier molecular flexibility index (Phi) is 5.05. The predicted molar refractivity (Wildman–Crippen MR) is 96.3 cm³/mol. The SMILES string of the molecule is CC(C)(C)OC(=O)NCc1coc(/C=C/c2ccc(S(F)(F)(F)(F)F)cc2)n1. The van der Waals surface area contributed by atoms with Crippen LogP contribution in [0.5, 0.6) is 0 Å². The highest BCUT2D eigenvalue weighted by molar-refractivity contribution is 8.45. The van der Waals surface area contributed by atoms with E-state index in [9.17, 15) is 24.2 Å². The number of alkyl carbamates (subject to hydrolysis) is 1. The second-order valence-electron chi connectivity index (χ2n) is 6.90. The number of ether oxygens (including phenoxy) is 1. The molecule has 28 heavy (non-hydrogen) atoms. The summed E-state index contributed by atoms with van der Waals surface area (Å²) in [6.07, 6.45) is 3.36. The first-order valence-electron chi connectivity index (χ1n) is 7.95. The number of nitrogens with zero attached hydrogens (tertiary/aromatic N) is 1. The zero-order valence-corrected chi connectivity index (χ0v) is 16.0. The van der Waals surface area contributed by atoms with E-state index >= 15 is 0 Å². The molecule has 2 aromatic rings. The van der Waals surface area contributed by atoms with E-state index in [1.807, 2.05) is 0 Å². The Bertz CT molecular complexity index is 885. The van der Waals surface area contributed by atoms with Crippen molar-refractivity contribution in [3.8, 4) is 0 Å². The Morgan fingerprint density at radius 1 is 1.14 bits per heavy atom. The summed E-state index contributed by atoms with van der Waals surface area (Å²) < 4.78 is 73.6. The molecule has 5 nitrogen and oxygen atoms in total. The maximum atomic E-state index is 12.7. The number of halogens is 5. The van der Waals surface area contributed by atoms with Gasteiger partial charge in [-0.2, -0.15) is 0 Å². The van der Waals surface area contributed by atoms with E-state index in [4.69, 9.17) is 9.15 Å². The van der Waals surface area contributed by atoms with Crippen molar-refractivity contribution in [3.63, 3.8) is 0 Å². The number of carbonyl (C=O) groups is 1. The number of amides is 1. The molecule has 0 fully saturated rings. The zero-order valence-electron chi connectivity index (χ0n) is 15.2. The molecule has 2 rings (SSSR count). The number of hydrogen-bond donors (Lipinski definition) is 1. The van der Waals surface area contributed by atoms with Crippen LogP contribution in [-0.4, -0.2) is 16.7 Å². The van der Waals surface area contributed by atoms with Crippen molar-refractivity contribution in [3.05, 3.63) is 47.7 Å². The van der Waals surface area contributed by atoms with Crippen molar-refractivity contribution >= 4 is 28.5 Å². The van der Waals surface area contributed by atoms with Gasteiger partial charge < -0.3 is 14.5 Å². The molecule has 0 aliphatic carbocycles. The van der Waals surface area contributed by atoms with Crippen LogP contribution in [0.1, 0.15) is 37.9 Å². The zero-order chi connectivity index (χ0) is 21.3. The molecular weight excluding hydrogens is 407 g/mol. The van der Waals surface area contributed by atoms with Gasteiger partial charge in [-0.15, -0.1) is 0 Å². The minimum absolute atomic E-state index is 0.0465. The number of nitrogens with one attached hydrogen (secondary N) is 1. The summed E-state index contributed by atoms with van der Waals surface area (Å²) in [6, 6.07) is 2.48. The van der Waals surface area contributed by atoms with Crippen molar-refractivity contribution < 1.29 is 33.4 Å². The van der Waals surface area contributed by atoms with Crippen molar-refractivity contribution in [1.82, 2.24) is 10.3 Å². The Morgan fingerprint density at radius 2 is 1.75 bits per heavy atom. The number of hydrogen-bond acceptors (Lipinski definition) is 4. The van der Waals surface area contributed by atoms with E-state index < -0.39 is 26.8 Å². The molecule has 11 heteroatoms. The lowest BCUT2D eigenvalue weighted by atomic mass is 10.2. The third-order valence-electron chi connectivity index (χ3n) is 3.13. The first-order valence-corrected chi connectivity index (χ1v) is 9.90. The van der Waals surface area contributed by atoms with E-state index in [-0.39, 0.29) is 18.0 Å². The highest BCUT2D eigenvalue weighted by Crippen LogP contribution is 3.02. The van der Waals surface area contributed by atoms with Gasteiger partial charge in [0.25, 0.3) is 0 Å². The number of aromatic nitrogens is 1. The van der Waals surface area contributed by atoms with Crippen LogP contribution in [0.25, 0.3) is 12.2 Å². The molecule has 1 amide bonds. The number of rotatable bonds is 5. The lowest BCUT2D eigenvalue weighted by Gasteiger charge is -2.40. The maximum absolute atomic E-state index is 12.7. The molecule has 1 heterocycles. The van der Waals surface area contributed by atoms with Crippen molar-refractivity contribution in [1.29, 1.82) is 0 Å². The normalized spacial score (nSPS) is 15.1. The second kappa shape index (κ2) is 6.50. The van der Waals surface area contributed by atoms with E-state index in [2.05, 4.69) is 10.3 Å². The van der Waals surface area contributed by atoms with Crippen LogP contribution in [-0.2, 0) is 11.3 Å². The molecule has 1 aromatic carbocycles. The molecule has 156 valence electrons. The number of benzene rings is 1. The van der Waals surface area contributed by atoms with Crippen molar-refractivity contribution in [2.24, 2.45) is 0 Å². The fourth-order valence-electron chi connectivity index (χ4n) is 1.96. The van der Waals surface area contributed by atoms with Crippen LogP contribution >= 0.6 is 10.2 Å². The predicted octanol–water partition coefficient (Wildman–Crippen LogP) is 6.53. The van der Waals surface area contributed by atoms with Gasteiger partial charge in [-0.05, 0) is 44.5 Å². The molecule has 0 spiro atoms. The molecule has 0 saturated heterocycles. The third kappa shape index (κ3) is 6.87. The van der Waals surface area contributed by atoms with Crippen LogP contribution in [0.4, 0.5) is 24.2 Å². The lowest BCUT2D eigenvalue weighted by Crippen LogP contribution is -2.32. The summed E-state index contributed by atoms with van der Waals surface area (Å²) in [5, 5.41) is 2.49. The fourth-order valence-corrected chi connectivity index (χ4v) is 2.61. The van der Waals surface area contributed by atoms with Gasteiger partial charge in [0.15, 0.2) is 0 Å². The average Bonchev–Trinajstić information content (AvgIpc) is 2.95. The summed E-state index contributed by atoms with van der Waals surface area (Å²) in [5.74, 6) is 0.123. The minimum atomic E-state index is -9.68. The first kappa shape index (κ1) is 21.7. The van der Waals surface area contributed by atoms with Gasteiger partial charge in [0.2, 0.25) is 5.89 Å². The quantitative estimate of drug-likeness (QED) is 0.553. The Labute approximate surface area is 158 Å². The second-order valence-corrected chi connectivity index (χ2v) is 9.31. The monoisotopic (exact) mass is 426 g/mol. The summed E-state index contributed by atoms with van der Waals surface area (Å²) in [7, 11) is -9.68. The fraction of sp³-hybridized carbons (Fsp3) is 0.294. The van der Waals surface area contributed by atoms with Crippen LogP contribution in [0, 0.1) is 0 Å². The van der Waals surface area contributed by atoms with Crippen molar-refractivity contribution in [2.75, 3.05) is 0 Å². The molecule has 0 aliphatic heterocycles. The standard InChI is InChI=1S/C17H19F5N2O3S/c1-17(2,3)27-16(25)23-10-13-11-26-15(24-13)9-6-12-4-7-14(8-5-12)28(18,19,20,21)22/h4-9,11H,10H2,1-3H3,(H,23,25)/b9-6+. The summed E-state index contributed by atoms with van der Waals surface area (Å²) in [5.41, 5.74) is -0.00571. The molecule has 1 N–H and O–H groups in total. The number of oxazole rings is 1. The number of carbonyl (C=O) groups excluding carboxylic acids is 1. The molecule has 0 saturated carbocycles. The molecule has 0 unspecified atom stereocenters. The van der Waals surface area contributed by atoms with Crippen molar-refractivity contribution in [2.45, 2.75) is 37.8 Å². The lowest BCUT2D eigenvalue weighted by molar-refractivity contribution is 0.0523. The first-order chi connectivity index (χ1) is 12.5. The highest BCUT2D eigenvalue weighted by Gasteiger charge is 2.65. The van der Waals surface area contributed by atoms with Crippen LogP contribution < -0.4 is 5.32 Å². The van der Waals surface area contributed by atoms with Gasteiger partial charge >= 0.3 is 16.3 Å².